The molecule has 4 unspecified atom stereocenters. The summed E-state index contributed by atoms with van der Waals surface area (Å²) in [5.41, 5.74) is 2.66. The largest absolute Gasteiger partial charge is 0.483 e. The number of aryl methyl sites for hydroxylation is 1. The lowest BCUT2D eigenvalue weighted by atomic mass is 9.68. The number of hydrogen-bond donors (Lipinski definition) is 3. The molecule has 2 aliphatic carbocycles. The number of halogens is 1. The van der Waals surface area contributed by atoms with E-state index in [2.05, 4.69) is 10.3 Å². The Morgan fingerprint density at radius 2 is 1.71 bits per heavy atom. The number of thioether (sulfide) groups is 1. The maximum absolute atomic E-state index is 14.1. The number of ether oxygens (including phenoxy) is 1. The first-order valence-electron chi connectivity index (χ1n) is 15.6. The number of imide groups is 1. The second kappa shape index (κ2) is 11.8. The van der Waals surface area contributed by atoms with Crippen molar-refractivity contribution in [3.05, 3.63) is 97.4 Å². The van der Waals surface area contributed by atoms with Crippen LogP contribution in [0.4, 0.5) is 11.4 Å². The van der Waals surface area contributed by atoms with E-state index >= 15 is 0 Å². The zero-order valence-corrected chi connectivity index (χ0v) is 29.0. The summed E-state index contributed by atoms with van der Waals surface area (Å²) in [4.78, 5) is 58.6. The zero-order chi connectivity index (χ0) is 34.4. The average Bonchev–Trinajstić information content (AvgIpc) is 3.79. The van der Waals surface area contributed by atoms with Crippen LogP contribution in [0.5, 0.6) is 5.75 Å². The van der Waals surface area contributed by atoms with E-state index in [9.17, 15) is 27.6 Å². The summed E-state index contributed by atoms with van der Waals surface area (Å²) in [7, 11) is -3.88. The summed E-state index contributed by atoms with van der Waals surface area (Å²) in [5, 5.41) is 8.99. The van der Waals surface area contributed by atoms with E-state index in [1.54, 1.807) is 30.0 Å². The number of fused-ring (bicyclic) bond motifs is 9. The van der Waals surface area contributed by atoms with Gasteiger partial charge in [-0.15, -0.1) is 11.8 Å². The van der Waals surface area contributed by atoms with Gasteiger partial charge in [0.1, 0.15) is 5.75 Å². The van der Waals surface area contributed by atoms with Crippen molar-refractivity contribution in [1.82, 2.24) is 4.98 Å². The predicted molar refractivity (Wildman–Crippen MR) is 186 cm³/mol. The number of rotatable bonds is 7. The summed E-state index contributed by atoms with van der Waals surface area (Å²) in [6.45, 7) is 1.59. The lowest BCUT2D eigenvalue weighted by Gasteiger charge is -2.43. The molecule has 4 aliphatic rings. The molecule has 3 heterocycles. The second-order valence-electron chi connectivity index (χ2n) is 12.9. The summed E-state index contributed by atoms with van der Waals surface area (Å²) in [6.07, 6.45) is 0.718. The van der Waals surface area contributed by atoms with Crippen LogP contribution >= 0.6 is 34.7 Å². The number of thiazole rings is 1. The molecule has 49 heavy (non-hydrogen) atoms. The van der Waals surface area contributed by atoms with Gasteiger partial charge in [0.05, 0.1) is 27.4 Å². The molecular weight excluding hydrogens is 708 g/mol. The first-order valence-corrected chi connectivity index (χ1v) is 19.2. The third kappa shape index (κ3) is 5.40. The molecule has 1 aromatic heterocycles. The number of nitrogens with two attached hydrogens (primary N) is 1. The van der Waals surface area contributed by atoms with Gasteiger partial charge in [0.15, 0.2) is 6.61 Å². The molecule has 4 aromatic rings. The SMILES string of the molecule is Cc1ccc(N2C(=O)C3C(C2=O)[C@@H]2C[C@H]3C3Sc4[nH]c(=O)sc4[C@H](c4cc(Cl)ccc4OCC(=O)Nc4ccc(S(N)(=O)=O)cc4)C32)cc1. The number of carbonyl (C=O) groups excluding carboxylic acids is 3. The number of sulfonamides is 1. The van der Waals surface area contributed by atoms with Gasteiger partial charge < -0.3 is 15.0 Å². The normalized spacial score (nSPS) is 26.8. The van der Waals surface area contributed by atoms with Gasteiger partial charge in [0, 0.05) is 32.3 Å². The van der Waals surface area contributed by atoms with Gasteiger partial charge in [0.2, 0.25) is 21.8 Å². The van der Waals surface area contributed by atoms with E-state index in [4.69, 9.17) is 21.5 Å². The number of amides is 3. The highest BCUT2D eigenvalue weighted by molar-refractivity contribution is 8.00. The quantitative estimate of drug-likeness (QED) is 0.229. The van der Waals surface area contributed by atoms with Gasteiger partial charge in [-0.25, -0.2) is 13.6 Å². The standard InChI is InChI=1S/C34H29ClN4O7S3/c1-15-2-7-18(8-3-15)39-32(41)27-21-13-22(28(27)33(39)42)29-26(21)25(30-31(47-29)38-34(43)48-30)20-12-16(35)4-11-23(20)46-14-24(40)37-17-5-9-19(10-6-17)49(36,44)45/h2-12,21-22,25-29H,13-14H2,1H3,(H,37,40)(H,38,43)(H2,36,44,45)/t21-,22-,25-,26?,27?,28?,29?/m1/s1. The van der Waals surface area contributed by atoms with Gasteiger partial charge in [-0.1, -0.05) is 40.6 Å². The Hall–Kier alpha value is -3.95. The first kappa shape index (κ1) is 32.3. The maximum atomic E-state index is 14.1. The number of carbonyl (C=O) groups is 3. The van der Waals surface area contributed by atoms with Gasteiger partial charge in [0.25, 0.3) is 5.91 Å². The molecule has 0 radical (unpaired) electrons. The van der Waals surface area contributed by atoms with Gasteiger partial charge in [-0.3, -0.25) is 24.1 Å². The number of aromatic amines is 1. The fourth-order valence-corrected chi connectivity index (χ4v) is 11.9. The summed E-state index contributed by atoms with van der Waals surface area (Å²) < 4.78 is 29.3. The van der Waals surface area contributed by atoms with E-state index in [-0.39, 0.29) is 57.1 Å². The lowest BCUT2D eigenvalue weighted by molar-refractivity contribution is -0.123. The number of primary sulfonamides is 1. The summed E-state index contributed by atoms with van der Waals surface area (Å²) in [5.74, 6) is -1.99. The molecule has 3 amide bonds. The Kier molecular flexibility index (Phi) is 7.79. The number of nitrogens with zero attached hydrogens (tertiary/aromatic N) is 1. The third-order valence-electron chi connectivity index (χ3n) is 10.1. The van der Waals surface area contributed by atoms with Crippen molar-refractivity contribution in [2.24, 2.45) is 34.7 Å². The van der Waals surface area contributed by atoms with E-state index in [1.807, 2.05) is 31.2 Å². The molecule has 2 aliphatic heterocycles. The minimum Gasteiger partial charge on any atom is -0.483 e. The number of H-pyrrole nitrogens is 1. The van der Waals surface area contributed by atoms with Crippen LogP contribution in [0.15, 0.2) is 81.4 Å². The maximum Gasteiger partial charge on any atom is 0.305 e. The second-order valence-corrected chi connectivity index (χ2v) is 17.1. The van der Waals surface area contributed by atoms with Crippen molar-refractivity contribution in [2.45, 2.75) is 34.4 Å². The lowest BCUT2D eigenvalue weighted by Crippen LogP contribution is -2.42. The molecule has 3 fully saturated rings. The van der Waals surface area contributed by atoms with Crippen LogP contribution in [-0.4, -0.2) is 43.0 Å². The molecular formula is C34H29ClN4O7S3. The topological polar surface area (TPSA) is 169 Å². The predicted octanol–water partition coefficient (Wildman–Crippen LogP) is 4.74. The third-order valence-corrected chi connectivity index (χ3v) is 13.9. The van der Waals surface area contributed by atoms with Crippen LogP contribution in [0.25, 0.3) is 0 Å². The Morgan fingerprint density at radius 1 is 1.02 bits per heavy atom. The zero-order valence-electron chi connectivity index (χ0n) is 25.8. The van der Waals surface area contributed by atoms with Crippen LogP contribution in [0, 0.1) is 36.5 Å². The molecule has 7 atom stereocenters. The Bertz CT molecular complexity index is 2200. The monoisotopic (exact) mass is 736 g/mol. The summed E-state index contributed by atoms with van der Waals surface area (Å²) in [6, 6.07) is 18.0. The molecule has 252 valence electrons. The van der Waals surface area contributed by atoms with E-state index in [0.29, 0.717) is 27.7 Å². The number of benzene rings is 3. The van der Waals surface area contributed by atoms with Gasteiger partial charge >= 0.3 is 4.87 Å². The fraction of sp³-hybridized carbons (Fsp3) is 0.294. The van der Waals surface area contributed by atoms with Crippen molar-refractivity contribution in [1.29, 1.82) is 0 Å². The molecule has 15 heteroatoms. The number of nitrogens with one attached hydrogen (secondary N) is 2. The molecule has 1 saturated heterocycles. The minimum atomic E-state index is -3.88. The highest BCUT2D eigenvalue weighted by Crippen LogP contribution is 2.69. The first-order chi connectivity index (χ1) is 23.4. The van der Waals surface area contributed by atoms with Crippen molar-refractivity contribution < 1.29 is 27.5 Å². The highest BCUT2D eigenvalue weighted by Gasteiger charge is 2.69. The van der Waals surface area contributed by atoms with Gasteiger partial charge in [-0.2, -0.15) is 0 Å². The van der Waals surface area contributed by atoms with E-state index in [1.165, 1.54) is 29.2 Å². The van der Waals surface area contributed by atoms with Crippen LogP contribution < -0.4 is 25.0 Å². The Morgan fingerprint density at radius 3 is 2.41 bits per heavy atom. The Balaban J connectivity index is 1.11. The molecule has 4 N–H and O–H groups in total. The van der Waals surface area contributed by atoms with Crippen LogP contribution in [0.3, 0.4) is 0 Å². The van der Waals surface area contributed by atoms with Crippen LogP contribution in [0.1, 0.15) is 28.3 Å². The van der Waals surface area contributed by atoms with Gasteiger partial charge in [-0.05, 0) is 85.7 Å². The van der Waals surface area contributed by atoms with Crippen molar-refractivity contribution in [3.8, 4) is 5.75 Å². The molecule has 0 spiro atoms. The van der Waals surface area contributed by atoms with E-state index < -0.39 is 27.8 Å². The van der Waals surface area contributed by atoms with Crippen molar-refractivity contribution in [2.75, 3.05) is 16.8 Å². The molecule has 8 rings (SSSR count). The highest BCUT2D eigenvalue weighted by atomic mass is 35.5. The number of aromatic nitrogens is 1. The number of hydrogen-bond acceptors (Lipinski definition) is 9. The van der Waals surface area contributed by atoms with Crippen molar-refractivity contribution >= 4 is 73.8 Å². The number of anilines is 2. The fourth-order valence-electron chi connectivity index (χ4n) is 8.28. The summed E-state index contributed by atoms with van der Waals surface area (Å²) >= 11 is 9.27. The van der Waals surface area contributed by atoms with Crippen LogP contribution in [0.2, 0.25) is 5.02 Å². The smallest absolute Gasteiger partial charge is 0.305 e. The molecule has 11 nitrogen and oxygen atoms in total. The molecule has 3 aromatic carbocycles. The Labute approximate surface area is 294 Å². The minimum absolute atomic E-state index is 0.0424. The average molecular weight is 737 g/mol. The molecule has 2 saturated carbocycles. The van der Waals surface area contributed by atoms with E-state index in [0.717, 1.165) is 33.2 Å². The van der Waals surface area contributed by atoms with Crippen LogP contribution in [-0.2, 0) is 24.4 Å². The molecule has 2 bridgehead atoms. The van der Waals surface area contributed by atoms with Crippen molar-refractivity contribution in [3.63, 3.8) is 0 Å².